The average molecular weight is 397 g/mol. The van der Waals surface area contributed by atoms with Crippen molar-refractivity contribution in [3.8, 4) is 11.5 Å². The summed E-state index contributed by atoms with van der Waals surface area (Å²) in [7, 11) is 3.28. The van der Waals surface area contributed by atoms with Crippen LogP contribution < -0.4 is 15.2 Å². The molecule has 0 aromatic heterocycles. The van der Waals surface area contributed by atoms with Gasteiger partial charge < -0.3 is 20.1 Å². The minimum atomic E-state index is 0. The van der Waals surface area contributed by atoms with Crippen molar-refractivity contribution in [1.29, 1.82) is 0 Å². The van der Waals surface area contributed by atoms with Crippen LogP contribution in [0.1, 0.15) is 63.0 Å². The van der Waals surface area contributed by atoms with Crippen molar-refractivity contribution in [2.24, 2.45) is 11.1 Å². The van der Waals surface area contributed by atoms with E-state index in [9.17, 15) is 4.79 Å². The number of ether oxygens (including phenoxy) is 2. The van der Waals surface area contributed by atoms with Crippen LogP contribution in [0.2, 0.25) is 0 Å². The van der Waals surface area contributed by atoms with Crippen LogP contribution in [0.25, 0.3) is 0 Å². The van der Waals surface area contributed by atoms with E-state index in [4.69, 9.17) is 15.2 Å². The largest absolute Gasteiger partial charge is 0.493 e. The first-order valence-corrected chi connectivity index (χ1v) is 9.84. The summed E-state index contributed by atoms with van der Waals surface area (Å²) >= 11 is 0. The minimum Gasteiger partial charge on any atom is -0.493 e. The molecule has 1 aromatic carbocycles. The summed E-state index contributed by atoms with van der Waals surface area (Å²) in [5.41, 5.74) is 7.24. The average Bonchev–Trinajstić information content (AvgIpc) is 3.18. The van der Waals surface area contributed by atoms with Gasteiger partial charge in [-0.25, -0.2) is 0 Å². The molecule has 27 heavy (non-hydrogen) atoms. The number of hydrogen-bond donors (Lipinski definition) is 1. The molecule has 1 atom stereocenters. The van der Waals surface area contributed by atoms with Crippen molar-refractivity contribution in [3.63, 3.8) is 0 Å². The molecule has 0 spiro atoms. The lowest BCUT2D eigenvalue weighted by molar-refractivity contribution is -0.135. The molecule has 0 bridgehead atoms. The number of carbonyl (C=O) groups excluding carboxylic acids is 1. The molecular formula is C21H33ClN2O3. The molecule has 6 heteroatoms. The van der Waals surface area contributed by atoms with Crippen LogP contribution in [0, 0.1) is 5.41 Å². The molecule has 1 aliphatic carbocycles. The number of benzene rings is 1. The number of carbonyl (C=O) groups is 1. The van der Waals surface area contributed by atoms with Gasteiger partial charge in [-0.05, 0) is 55.3 Å². The summed E-state index contributed by atoms with van der Waals surface area (Å²) in [6, 6.07) is 6.11. The molecule has 1 amide bonds. The van der Waals surface area contributed by atoms with E-state index in [2.05, 4.69) is 11.0 Å². The molecule has 1 aliphatic heterocycles. The summed E-state index contributed by atoms with van der Waals surface area (Å²) < 4.78 is 10.8. The second-order valence-corrected chi connectivity index (χ2v) is 7.80. The molecule has 2 aliphatic rings. The van der Waals surface area contributed by atoms with Crippen LogP contribution in [0.5, 0.6) is 11.5 Å². The van der Waals surface area contributed by atoms with E-state index in [1.165, 1.54) is 19.3 Å². The topological polar surface area (TPSA) is 64.8 Å². The highest BCUT2D eigenvalue weighted by Crippen LogP contribution is 2.42. The number of halogens is 1. The number of amides is 1. The predicted octanol–water partition coefficient (Wildman–Crippen LogP) is 4.09. The van der Waals surface area contributed by atoms with E-state index >= 15 is 0 Å². The molecule has 3 rings (SSSR count). The maximum absolute atomic E-state index is 13.2. The van der Waals surface area contributed by atoms with Crippen LogP contribution >= 0.6 is 12.4 Å². The zero-order valence-electron chi connectivity index (χ0n) is 16.5. The van der Waals surface area contributed by atoms with Gasteiger partial charge in [-0.2, -0.15) is 0 Å². The van der Waals surface area contributed by atoms with Gasteiger partial charge in [0.25, 0.3) is 0 Å². The number of nitrogens with two attached hydrogens (primary N) is 1. The monoisotopic (exact) mass is 396 g/mol. The standard InChI is InChI=1S/C21H32N2O3.ClH/c1-25-18-9-8-16(13-19(18)26-2)17-7-6-12-23(17)20(24)14-21(15-22)10-4-3-5-11-21;/h8-9,13,17H,3-7,10-12,14-15,22H2,1-2H3;1H. The van der Waals surface area contributed by atoms with Gasteiger partial charge in [0.2, 0.25) is 5.91 Å². The Morgan fingerprint density at radius 1 is 1.15 bits per heavy atom. The Morgan fingerprint density at radius 2 is 1.85 bits per heavy atom. The summed E-state index contributed by atoms with van der Waals surface area (Å²) in [5.74, 6) is 1.70. The quantitative estimate of drug-likeness (QED) is 0.786. The van der Waals surface area contributed by atoms with Gasteiger partial charge in [0.15, 0.2) is 11.5 Å². The van der Waals surface area contributed by atoms with E-state index < -0.39 is 0 Å². The van der Waals surface area contributed by atoms with Crippen molar-refractivity contribution in [2.45, 2.75) is 57.4 Å². The molecule has 5 nitrogen and oxygen atoms in total. The van der Waals surface area contributed by atoms with Crippen LogP contribution in [0.4, 0.5) is 0 Å². The first kappa shape index (κ1) is 21.8. The van der Waals surface area contributed by atoms with Crippen LogP contribution in [-0.4, -0.2) is 38.1 Å². The molecule has 2 fully saturated rings. The fraction of sp³-hybridized carbons (Fsp3) is 0.667. The lowest BCUT2D eigenvalue weighted by Gasteiger charge is -2.37. The van der Waals surface area contributed by atoms with E-state index in [0.717, 1.165) is 49.3 Å². The zero-order valence-corrected chi connectivity index (χ0v) is 17.4. The van der Waals surface area contributed by atoms with Gasteiger partial charge in [0.1, 0.15) is 0 Å². The Balaban J connectivity index is 0.00000261. The summed E-state index contributed by atoms with van der Waals surface area (Å²) in [4.78, 5) is 15.2. The third kappa shape index (κ3) is 4.69. The molecule has 1 heterocycles. The summed E-state index contributed by atoms with van der Waals surface area (Å²) in [5, 5.41) is 0. The zero-order chi connectivity index (χ0) is 18.6. The third-order valence-electron chi connectivity index (χ3n) is 6.24. The van der Waals surface area contributed by atoms with Crippen molar-refractivity contribution >= 4 is 18.3 Å². The number of likely N-dealkylation sites (tertiary alicyclic amines) is 1. The maximum atomic E-state index is 13.2. The SMILES string of the molecule is COc1ccc(C2CCCN2C(=O)CC2(CN)CCCCC2)cc1OC.Cl. The minimum absolute atomic E-state index is 0. The molecule has 1 unspecified atom stereocenters. The second kappa shape index (κ2) is 9.65. The Bertz CT molecular complexity index is 632. The van der Waals surface area contributed by atoms with Crippen molar-refractivity contribution in [3.05, 3.63) is 23.8 Å². The first-order chi connectivity index (χ1) is 12.6. The van der Waals surface area contributed by atoms with Crippen molar-refractivity contribution < 1.29 is 14.3 Å². The Morgan fingerprint density at radius 3 is 2.48 bits per heavy atom. The molecule has 2 N–H and O–H groups in total. The molecule has 1 saturated heterocycles. The number of nitrogens with zero attached hydrogens (tertiary/aromatic N) is 1. The summed E-state index contributed by atoms with van der Waals surface area (Å²) in [6.45, 7) is 1.45. The number of hydrogen-bond acceptors (Lipinski definition) is 4. The smallest absolute Gasteiger partial charge is 0.223 e. The van der Waals surface area contributed by atoms with E-state index in [1.54, 1.807) is 14.2 Å². The highest BCUT2D eigenvalue weighted by atomic mass is 35.5. The number of rotatable bonds is 6. The fourth-order valence-corrected chi connectivity index (χ4v) is 4.65. The fourth-order valence-electron chi connectivity index (χ4n) is 4.65. The highest BCUT2D eigenvalue weighted by Gasteiger charge is 2.37. The normalized spacial score (nSPS) is 21.4. The van der Waals surface area contributed by atoms with Gasteiger partial charge in [-0.3, -0.25) is 4.79 Å². The Labute approximate surface area is 169 Å². The van der Waals surface area contributed by atoms with Gasteiger partial charge in [0.05, 0.1) is 20.3 Å². The van der Waals surface area contributed by atoms with Crippen LogP contribution in [0.3, 0.4) is 0 Å². The molecular weight excluding hydrogens is 364 g/mol. The van der Waals surface area contributed by atoms with Crippen molar-refractivity contribution in [1.82, 2.24) is 4.90 Å². The van der Waals surface area contributed by atoms with Gasteiger partial charge in [0, 0.05) is 13.0 Å². The van der Waals surface area contributed by atoms with Crippen molar-refractivity contribution in [2.75, 3.05) is 27.3 Å². The lowest BCUT2D eigenvalue weighted by Crippen LogP contribution is -2.40. The van der Waals surface area contributed by atoms with Crippen LogP contribution in [0.15, 0.2) is 18.2 Å². The molecule has 0 radical (unpaired) electrons. The Hall–Kier alpha value is -1.46. The Kier molecular flexibility index (Phi) is 7.80. The van der Waals surface area contributed by atoms with Gasteiger partial charge >= 0.3 is 0 Å². The molecule has 1 saturated carbocycles. The number of methoxy groups -OCH3 is 2. The van der Waals surface area contributed by atoms with E-state index in [1.807, 2.05) is 12.1 Å². The third-order valence-corrected chi connectivity index (χ3v) is 6.24. The molecule has 152 valence electrons. The summed E-state index contributed by atoms with van der Waals surface area (Å²) in [6.07, 6.45) is 8.47. The second-order valence-electron chi connectivity index (χ2n) is 7.80. The van der Waals surface area contributed by atoms with Gasteiger partial charge in [-0.1, -0.05) is 25.3 Å². The van der Waals surface area contributed by atoms with E-state index in [-0.39, 0.29) is 29.8 Å². The predicted molar refractivity (Wildman–Crippen MR) is 110 cm³/mol. The first-order valence-electron chi connectivity index (χ1n) is 9.84. The van der Waals surface area contributed by atoms with Crippen LogP contribution in [-0.2, 0) is 4.79 Å². The van der Waals surface area contributed by atoms with E-state index in [0.29, 0.717) is 13.0 Å². The van der Waals surface area contributed by atoms with Gasteiger partial charge in [-0.15, -0.1) is 12.4 Å². The molecule has 1 aromatic rings. The lowest BCUT2D eigenvalue weighted by atomic mass is 9.71. The highest BCUT2D eigenvalue weighted by molar-refractivity contribution is 5.85. The maximum Gasteiger partial charge on any atom is 0.223 e.